The van der Waals surface area contributed by atoms with Crippen LogP contribution < -0.4 is 5.19 Å². The van der Waals surface area contributed by atoms with Gasteiger partial charge in [-0.1, -0.05) is 31.8 Å². The highest BCUT2D eigenvalue weighted by Gasteiger charge is 2.29. The molecule has 1 rings (SSSR count). The average molecular weight is 294 g/mol. The van der Waals surface area contributed by atoms with Gasteiger partial charge in [0.15, 0.2) is 0 Å². The molecule has 5 heteroatoms. The van der Waals surface area contributed by atoms with Gasteiger partial charge in [0.2, 0.25) is 0 Å². The number of ether oxygens (including phenoxy) is 2. The van der Waals surface area contributed by atoms with E-state index in [4.69, 9.17) is 9.47 Å². The van der Waals surface area contributed by atoms with Crippen LogP contribution >= 0.6 is 0 Å². The molecule has 0 N–H and O–H groups in total. The zero-order valence-corrected chi connectivity index (χ0v) is 13.8. The fourth-order valence-electron chi connectivity index (χ4n) is 1.98. The molecule has 0 atom stereocenters. The van der Waals surface area contributed by atoms with Gasteiger partial charge in [-0.25, -0.2) is 9.59 Å². The van der Waals surface area contributed by atoms with Gasteiger partial charge in [-0.3, -0.25) is 0 Å². The molecule has 1 aromatic rings. The standard InChI is InChI=1S/C15H22O4Si/c1-6-18-14(16)11-9-8-10-12(20(3,4)5)13(11)15(17)19-7-2/h8-10H,6-7H2,1-5H3. The number of benzene rings is 1. The van der Waals surface area contributed by atoms with Gasteiger partial charge >= 0.3 is 11.9 Å². The van der Waals surface area contributed by atoms with Gasteiger partial charge in [-0.15, -0.1) is 0 Å². The lowest BCUT2D eigenvalue weighted by Gasteiger charge is -2.21. The Kier molecular flexibility index (Phi) is 5.50. The van der Waals surface area contributed by atoms with Crippen LogP contribution in [0.4, 0.5) is 0 Å². The van der Waals surface area contributed by atoms with E-state index in [1.807, 2.05) is 6.07 Å². The van der Waals surface area contributed by atoms with E-state index in [1.165, 1.54) is 0 Å². The Morgan fingerprint density at radius 1 is 1.00 bits per heavy atom. The van der Waals surface area contributed by atoms with Crippen molar-refractivity contribution in [2.24, 2.45) is 0 Å². The van der Waals surface area contributed by atoms with Crippen molar-refractivity contribution >= 4 is 25.2 Å². The Morgan fingerprint density at radius 3 is 2.05 bits per heavy atom. The van der Waals surface area contributed by atoms with E-state index >= 15 is 0 Å². The highest BCUT2D eigenvalue weighted by molar-refractivity contribution is 6.89. The van der Waals surface area contributed by atoms with E-state index < -0.39 is 20.0 Å². The molecule has 0 amide bonds. The SMILES string of the molecule is CCOC(=O)c1cccc([Si](C)(C)C)c1C(=O)OCC. The summed E-state index contributed by atoms with van der Waals surface area (Å²) in [6.07, 6.45) is 0. The van der Waals surface area contributed by atoms with E-state index in [1.54, 1.807) is 26.0 Å². The maximum absolute atomic E-state index is 12.2. The van der Waals surface area contributed by atoms with Crippen LogP contribution in [0.2, 0.25) is 19.6 Å². The van der Waals surface area contributed by atoms with Crippen LogP contribution in [0, 0.1) is 0 Å². The summed E-state index contributed by atoms with van der Waals surface area (Å²) in [4.78, 5) is 24.3. The monoisotopic (exact) mass is 294 g/mol. The zero-order chi connectivity index (χ0) is 15.3. The Labute approximate surface area is 121 Å². The Hall–Kier alpha value is -1.62. The van der Waals surface area contributed by atoms with Gasteiger partial charge in [0.05, 0.1) is 32.4 Å². The van der Waals surface area contributed by atoms with Gasteiger partial charge in [-0.2, -0.15) is 0 Å². The minimum absolute atomic E-state index is 0.276. The Bertz CT molecular complexity index is 503. The molecule has 20 heavy (non-hydrogen) atoms. The van der Waals surface area contributed by atoms with E-state index in [2.05, 4.69) is 19.6 Å². The molecule has 0 aromatic heterocycles. The molecular weight excluding hydrogens is 272 g/mol. The molecule has 1 aromatic carbocycles. The third-order valence-corrected chi connectivity index (χ3v) is 4.88. The smallest absolute Gasteiger partial charge is 0.338 e. The Balaban J connectivity index is 3.44. The summed E-state index contributed by atoms with van der Waals surface area (Å²) in [6, 6.07) is 5.32. The van der Waals surface area contributed by atoms with Crippen LogP contribution in [0.15, 0.2) is 18.2 Å². The van der Waals surface area contributed by atoms with E-state index in [0.29, 0.717) is 11.1 Å². The molecule has 0 radical (unpaired) electrons. The third kappa shape index (κ3) is 3.69. The van der Waals surface area contributed by atoms with Crippen molar-refractivity contribution < 1.29 is 19.1 Å². The number of carbonyl (C=O) groups excluding carboxylic acids is 2. The molecule has 110 valence electrons. The van der Waals surface area contributed by atoms with Crippen molar-refractivity contribution in [2.45, 2.75) is 33.5 Å². The molecule has 0 fully saturated rings. The first-order chi connectivity index (χ1) is 9.32. The van der Waals surface area contributed by atoms with Crippen LogP contribution in [-0.2, 0) is 9.47 Å². The summed E-state index contributed by atoms with van der Waals surface area (Å²) in [6.45, 7) is 10.4. The second kappa shape index (κ2) is 6.70. The fourth-order valence-corrected chi connectivity index (χ4v) is 3.56. The minimum Gasteiger partial charge on any atom is -0.462 e. The summed E-state index contributed by atoms with van der Waals surface area (Å²) >= 11 is 0. The van der Waals surface area contributed by atoms with Gasteiger partial charge in [0.25, 0.3) is 0 Å². The summed E-state index contributed by atoms with van der Waals surface area (Å²) < 4.78 is 10.1. The van der Waals surface area contributed by atoms with Gasteiger partial charge in [-0.05, 0) is 25.1 Å². The first-order valence-corrected chi connectivity index (χ1v) is 10.3. The predicted molar refractivity (Wildman–Crippen MR) is 81.3 cm³/mol. The molecule has 0 spiro atoms. The first kappa shape index (κ1) is 16.4. The molecule has 0 aliphatic rings. The molecule has 0 unspecified atom stereocenters. The quantitative estimate of drug-likeness (QED) is 0.619. The molecule has 0 aliphatic heterocycles. The lowest BCUT2D eigenvalue weighted by Crippen LogP contribution is -2.42. The highest BCUT2D eigenvalue weighted by Crippen LogP contribution is 2.15. The molecule has 0 saturated carbocycles. The summed E-state index contributed by atoms with van der Waals surface area (Å²) in [5.41, 5.74) is 0.664. The molecule has 0 heterocycles. The highest BCUT2D eigenvalue weighted by atomic mass is 28.3. The third-order valence-electron chi connectivity index (χ3n) is 2.85. The predicted octanol–water partition coefficient (Wildman–Crippen LogP) is 2.59. The number of hydrogen-bond acceptors (Lipinski definition) is 4. The van der Waals surface area contributed by atoms with Crippen LogP contribution in [0.1, 0.15) is 34.6 Å². The van der Waals surface area contributed by atoms with E-state index in [0.717, 1.165) is 5.19 Å². The largest absolute Gasteiger partial charge is 0.462 e. The topological polar surface area (TPSA) is 52.6 Å². The van der Waals surface area contributed by atoms with Crippen LogP contribution in [0.5, 0.6) is 0 Å². The molecule has 4 nitrogen and oxygen atoms in total. The zero-order valence-electron chi connectivity index (χ0n) is 12.8. The van der Waals surface area contributed by atoms with Crippen molar-refractivity contribution in [3.8, 4) is 0 Å². The molecule has 0 aliphatic carbocycles. The van der Waals surface area contributed by atoms with E-state index in [-0.39, 0.29) is 13.2 Å². The maximum Gasteiger partial charge on any atom is 0.338 e. The van der Waals surface area contributed by atoms with Crippen molar-refractivity contribution in [1.82, 2.24) is 0 Å². The first-order valence-electron chi connectivity index (χ1n) is 6.80. The van der Waals surface area contributed by atoms with E-state index in [9.17, 15) is 9.59 Å². The van der Waals surface area contributed by atoms with Crippen molar-refractivity contribution in [1.29, 1.82) is 0 Å². The van der Waals surface area contributed by atoms with Gasteiger partial charge < -0.3 is 9.47 Å². The molecule has 0 saturated heterocycles. The second-order valence-corrected chi connectivity index (χ2v) is 10.5. The minimum atomic E-state index is -1.78. The maximum atomic E-state index is 12.2. The number of rotatable bonds is 5. The van der Waals surface area contributed by atoms with Crippen LogP contribution in [-0.4, -0.2) is 33.2 Å². The van der Waals surface area contributed by atoms with Crippen LogP contribution in [0.3, 0.4) is 0 Å². The summed E-state index contributed by atoms with van der Waals surface area (Å²) in [7, 11) is -1.78. The van der Waals surface area contributed by atoms with Crippen molar-refractivity contribution in [3.63, 3.8) is 0 Å². The fraction of sp³-hybridized carbons (Fsp3) is 0.467. The Morgan fingerprint density at radius 2 is 1.55 bits per heavy atom. The number of esters is 2. The van der Waals surface area contributed by atoms with Crippen LogP contribution in [0.25, 0.3) is 0 Å². The summed E-state index contributed by atoms with van der Waals surface area (Å²) in [5.74, 6) is -0.927. The van der Waals surface area contributed by atoms with Crippen molar-refractivity contribution in [2.75, 3.05) is 13.2 Å². The van der Waals surface area contributed by atoms with Crippen molar-refractivity contribution in [3.05, 3.63) is 29.3 Å². The van der Waals surface area contributed by atoms with Gasteiger partial charge in [0.1, 0.15) is 0 Å². The molecule has 0 bridgehead atoms. The van der Waals surface area contributed by atoms with Gasteiger partial charge in [0, 0.05) is 0 Å². The molecular formula is C15H22O4Si. The summed E-state index contributed by atoms with van der Waals surface area (Å²) in [5, 5.41) is 0.918. The lowest BCUT2D eigenvalue weighted by atomic mass is 10.1. The average Bonchev–Trinajstić information content (AvgIpc) is 2.37. The normalized spacial score (nSPS) is 11.1. The number of carbonyl (C=O) groups is 2. The number of hydrogen-bond donors (Lipinski definition) is 0. The second-order valence-electron chi connectivity index (χ2n) is 5.42. The lowest BCUT2D eigenvalue weighted by molar-refractivity contribution is 0.0480.